The smallest absolute Gasteiger partial charge is 0.0239 e. The van der Waals surface area contributed by atoms with Gasteiger partial charge < -0.3 is 0 Å². The summed E-state index contributed by atoms with van der Waals surface area (Å²) in [4.78, 5) is 9.89. The molecule has 0 spiro atoms. The van der Waals surface area contributed by atoms with Crippen molar-refractivity contribution in [1.82, 2.24) is 19.6 Å². The Morgan fingerprint density at radius 2 is 0.533 bits per heavy atom. The molecule has 0 atom stereocenters. The molecule has 8 aromatic carbocycles. The molecule has 0 bridgehead atoms. The molecule has 92 heavy (non-hydrogen) atoms. The van der Waals surface area contributed by atoms with Gasteiger partial charge in [0.1, 0.15) is 0 Å². The first-order valence-corrected chi connectivity index (χ1v) is 37.0. The molecule has 4 aliphatic rings. The van der Waals surface area contributed by atoms with Gasteiger partial charge >= 0.3 is 0 Å². The maximum absolute atomic E-state index is 2.48. The minimum absolute atomic E-state index is 1.06. The van der Waals surface area contributed by atoms with Gasteiger partial charge in [-0.3, -0.25) is 19.6 Å². The van der Waals surface area contributed by atoms with Gasteiger partial charge in [-0.1, -0.05) is 330 Å². The highest BCUT2D eigenvalue weighted by Gasteiger charge is 2.24. The van der Waals surface area contributed by atoms with Crippen LogP contribution in [-0.4, -0.2) is 72.0 Å². The van der Waals surface area contributed by atoms with Crippen molar-refractivity contribution in [3.8, 4) is 44.5 Å². The number of fused-ring (bicyclic) bond motifs is 12. The third-order valence-corrected chi connectivity index (χ3v) is 16.8. The van der Waals surface area contributed by atoms with Crippen molar-refractivity contribution in [1.29, 1.82) is 0 Å². The van der Waals surface area contributed by atoms with Crippen LogP contribution < -0.4 is 0 Å². The molecule has 12 rings (SSSR count). The van der Waals surface area contributed by atoms with E-state index < -0.39 is 0 Å². The van der Waals surface area contributed by atoms with Crippen LogP contribution in [0.5, 0.6) is 0 Å². The summed E-state index contributed by atoms with van der Waals surface area (Å²) in [5.74, 6) is 0. The summed E-state index contributed by atoms with van der Waals surface area (Å²) >= 11 is 0. The Balaban J connectivity index is 0.000000570. The largest absolute Gasteiger partial charge is 0.300 e. The number of nitrogens with zero attached hydrogens (tertiary/aromatic N) is 4. The van der Waals surface area contributed by atoms with Crippen molar-refractivity contribution >= 4 is 0 Å². The molecule has 4 nitrogen and oxygen atoms in total. The molecule has 0 aromatic heterocycles. The van der Waals surface area contributed by atoms with E-state index in [1.807, 2.05) is 111 Å². The molecule has 0 unspecified atom stereocenters. The number of rotatable bonds is 16. The van der Waals surface area contributed by atoms with Crippen LogP contribution >= 0.6 is 0 Å². The summed E-state index contributed by atoms with van der Waals surface area (Å²) in [6.45, 7) is 63.1. The fourth-order valence-corrected chi connectivity index (χ4v) is 12.1. The maximum Gasteiger partial charge on any atom is 0.0239 e. The van der Waals surface area contributed by atoms with E-state index in [1.165, 1.54) is 111 Å². The van der Waals surface area contributed by atoms with Crippen LogP contribution in [0.1, 0.15) is 233 Å². The lowest BCUT2D eigenvalue weighted by Crippen LogP contribution is -2.22. The van der Waals surface area contributed by atoms with E-state index in [2.05, 4.69) is 245 Å². The van der Waals surface area contributed by atoms with E-state index in [-0.39, 0.29) is 0 Å². The average Bonchev–Trinajstić information content (AvgIpc) is 1.67. The number of hydrogen-bond donors (Lipinski definition) is 0. The molecule has 8 aromatic rings. The van der Waals surface area contributed by atoms with Crippen LogP contribution in [0, 0.1) is 0 Å². The predicted molar refractivity (Wildman–Crippen MR) is 416 cm³/mol. The van der Waals surface area contributed by atoms with Crippen LogP contribution in [0.25, 0.3) is 44.5 Å². The molecular formula is C88H132N4. The number of hydrogen-bond acceptors (Lipinski definition) is 4. The summed E-state index contributed by atoms with van der Waals surface area (Å²) in [5.41, 5.74) is 29.3. The van der Waals surface area contributed by atoms with Gasteiger partial charge in [0, 0.05) is 26.2 Å². The van der Waals surface area contributed by atoms with E-state index >= 15 is 0 Å². The Kier molecular flexibility index (Phi) is 44.7. The van der Waals surface area contributed by atoms with Crippen molar-refractivity contribution in [2.24, 2.45) is 0 Å². The van der Waals surface area contributed by atoms with E-state index in [4.69, 9.17) is 0 Å². The van der Waals surface area contributed by atoms with Crippen molar-refractivity contribution < 1.29 is 0 Å². The minimum atomic E-state index is 1.06. The molecule has 0 aliphatic heterocycles. The second-order valence-corrected chi connectivity index (χ2v) is 21.1. The van der Waals surface area contributed by atoms with Crippen molar-refractivity contribution in [2.45, 2.75) is 218 Å². The lowest BCUT2D eigenvalue weighted by molar-refractivity contribution is 0.295. The van der Waals surface area contributed by atoms with Crippen LogP contribution in [0.2, 0.25) is 0 Å². The molecule has 0 amide bonds. The molecule has 0 saturated heterocycles. The Labute approximate surface area is 568 Å². The summed E-state index contributed by atoms with van der Waals surface area (Å²) < 4.78 is 0. The molecule has 504 valence electrons. The van der Waals surface area contributed by atoms with Crippen LogP contribution in [0.4, 0.5) is 0 Å². The van der Waals surface area contributed by atoms with Gasteiger partial charge in [-0.25, -0.2) is 0 Å². The average molecular weight is 1250 g/mol. The van der Waals surface area contributed by atoms with Gasteiger partial charge in [0.25, 0.3) is 0 Å². The zero-order valence-corrected chi connectivity index (χ0v) is 63.3. The Morgan fingerprint density at radius 1 is 0.228 bits per heavy atom. The van der Waals surface area contributed by atoms with Crippen molar-refractivity contribution in [3.63, 3.8) is 0 Å². The number of benzene rings is 8. The second kappa shape index (κ2) is 49.2. The van der Waals surface area contributed by atoms with Gasteiger partial charge in [0.15, 0.2) is 0 Å². The van der Waals surface area contributed by atoms with Crippen molar-refractivity contribution in [3.05, 3.63) is 237 Å². The van der Waals surface area contributed by atoms with Gasteiger partial charge in [-0.05, 0) is 195 Å². The first kappa shape index (κ1) is 83.6. The summed E-state index contributed by atoms with van der Waals surface area (Å²) in [6, 6.07) is 62.7. The molecule has 0 heterocycles. The summed E-state index contributed by atoms with van der Waals surface area (Å²) in [7, 11) is 0. The standard InChI is InChI=1S/4C18H21N.8C2H6/c1-3-19(4-2)13-16-10-7-9-15-12-14-8-5-6-11-17(14)18(15)16;1-3-19(4-2)13-15-9-7-11-17-16-10-6-5-8-14(16)12-18(15)17;1-3-19(4-2)13-14-9-10-18-16(11-14)12-15-7-5-6-8-17(15)18;1-3-19(4-2)13-14-9-10-16-12-15-7-5-6-8-17(15)18(16)11-14;8*1-2/h4*5-11H,3-4,12-13H2,1-2H3;8*1-2H3. The fraction of sp³-hybridized carbons (Fsp3) is 0.455. The Bertz CT molecular complexity index is 3180. The SMILES string of the molecule is CC.CC.CC.CC.CC.CC.CC.CC.CCN(CC)Cc1ccc2c(c1)-c1ccccc1C2.CCN(CC)Cc1ccc2c(c1)Cc1ccccc1-2.CCN(CC)Cc1cccc2c1-c1ccccc1C2.CCN(CC)Cc1cccc2c1Cc1ccccc1-2. The second-order valence-electron chi connectivity index (χ2n) is 21.1. The molecule has 0 saturated carbocycles. The predicted octanol–water partition coefficient (Wildman–Crippen LogP) is 24.6. The zero-order chi connectivity index (χ0) is 69.0. The molecular weight excluding hydrogens is 1110 g/mol. The van der Waals surface area contributed by atoms with Gasteiger partial charge in [0.05, 0.1) is 0 Å². The highest BCUT2D eigenvalue weighted by Crippen LogP contribution is 2.41. The normalized spacial score (nSPS) is 10.9. The zero-order valence-electron chi connectivity index (χ0n) is 63.3. The summed E-state index contributed by atoms with van der Waals surface area (Å²) in [6.07, 6.45) is 4.38. The fourth-order valence-electron chi connectivity index (χ4n) is 12.1. The molecule has 0 N–H and O–H groups in total. The van der Waals surface area contributed by atoms with E-state index in [9.17, 15) is 0 Å². The van der Waals surface area contributed by atoms with Crippen LogP contribution in [0.15, 0.2) is 170 Å². The topological polar surface area (TPSA) is 13.0 Å². The minimum Gasteiger partial charge on any atom is -0.300 e. The first-order chi connectivity index (χ1) is 45.3. The highest BCUT2D eigenvalue weighted by molar-refractivity contribution is 5.81. The monoisotopic (exact) mass is 1250 g/mol. The molecule has 0 fully saturated rings. The van der Waals surface area contributed by atoms with E-state index in [1.54, 1.807) is 0 Å². The molecule has 4 heteroatoms. The highest BCUT2D eigenvalue weighted by atomic mass is 15.1. The lowest BCUT2D eigenvalue weighted by Gasteiger charge is -2.20. The third-order valence-electron chi connectivity index (χ3n) is 16.8. The van der Waals surface area contributed by atoms with E-state index in [0.29, 0.717) is 0 Å². The molecule has 4 aliphatic carbocycles. The van der Waals surface area contributed by atoms with Gasteiger partial charge in [0.2, 0.25) is 0 Å². The lowest BCUT2D eigenvalue weighted by atomic mass is 9.99. The Hall–Kier alpha value is -6.40. The maximum atomic E-state index is 2.48. The Morgan fingerprint density at radius 3 is 1.02 bits per heavy atom. The summed E-state index contributed by atoms with van der Waals surface area (Å²) in [5, 5.41) is 0. The van der Waals surface area contributed by atoms with Gasteiger partial charge in [-0.15, -0.1) is 0 Å². The molecule has 0 radical (unpaired) electrons. The first-order valence-electron chi connectivity index (χ1n) is 37.0. The third kappa shape index (κ3) is 23.6. The van der Waals surface area contributed by atoms with Crippen LogP contribution in [0.3, 0.4) is 0 Å². The van der Waals surface area contributed by atoms with E-state index in [0.717, 1.165) is 104 Å². The van der Waals surface area contributed by atoms with Gasteiger partial charge in [-0.2, -0.15) is 0 Å². The van der Waals surface area contributed by atoms with Crippen LogP contribution in [-0.2, 0) is 51.9 Å². The quantitative estimate of drug-likeness (QED) is 0.0956. The van der Waals surface area contributed by atoms with Crippen molar-refractivity contribution in [2.75, 3.05) is 52.4 Å².